The molecule has 0 spiro atoms. The average molecular weight is 1610 g/mol. The number of nitrogen functional groups attached to an aromatic ring is 3. The van der Waals surface area contributed by atoms with Gasteiger partial charge in [0.1, 0.15) is 53.6 Å². The number of anilines is 3. The average Bonchev–Trinajstić information content (AvgIpc) is 1.14. The molecule has 110 heavy (non-hydrogen) atoms. The summed E-state index contributed by atoms with van der Waals surface area (Å²) in [6.07, 6.45) is 20.0. The molecule has 2 saturated heterocycles. The molecule has 578 valence electrons. The van der Waals surface area contributed by atoms with Gasteiger partial charge in [-0.15, -0.1) is 0 Å². The number of piperidine rings is 2. The number of ether oxygens (including phenoxy) is 3. The quantitative estimate of drug-likeness (QED) is 0.0197. The number of hydrogen-bond acceptors (Lipinski definition) is 19. The summed E-state index contributed by atoms with van der Waals surface area (Å²) in [4.78, 5) is 78.4. The molecule has 9 aromatic rings. The highest BCUT2D eigenvalue weighted by Crippen LogP contribution is 2.33. The number of aryl methyl sites for hydroxylation is 3. The number of esters is 2. The van der Waals surface area contributed by atoms with Gasteiger partial charge in [0.2, 0.25) is 0 Å². The molecule has 2 saturated carbocycles. The Hall–Kier alpha value is -8.54. The van der Waals surface area contributed by atoms with Crippen LogP contribution in [0.15, 0.2) is 146 Å². The van der Waals surface area contributed by atoms with E-state index < -0.39 is 17.7 Å². The maximum absolute atomic E-state index is 13.3. The Labute approximate surface area is 673 Å². The fourth-order valence-electron chi connectivity index (χ4n) is 13.9. The van der Waals surface area contributed by atoms with Crippen molar-refractivity contribution in [2.45, 2.75) is 191 Å². The number of rotatable bonds is 23. The lowest BCUT2D eigenvalue weighted by Gasteiger charge is -2.39. The molecule has 2 unspecified atom stereocenters. The molecule has 2 aliphatic carbocycles. The maximum Gasteiger partial charge on any atom is 0.411 e. The Morgan fingerprint density at radius 2 is 0.873 bits per heavy atom. The summed E-state index contributed by atoms with van der Waals surface area (Å²) in [7, 11) is 0. The molecule has 6 aromatic carbocycles. The van der Waals surface area contributed by atoms with E-state index in [1.54, 1.807) is 35.6 Å². The van der Waals surface area contributed by atoms with Gasteiger partial charge >= 0.3 is 18.0 Å². The first-order valence-electron chi connectivity index (χ1n) is 37.5. The van der Waals surface area contributed by atoms with Crippen molar-refractivity contribution in [1.82, 2.24) is 50.8 Å². The van der Waals surface area contributed by atoms with Gasteiger partial charge in [0, 0.05) is 84.1 Å². The first-order chi connectivity index (χ1) is 53.0. The molecule has 26 heteroatoms. The zero-order valence-electron chi connectivity index (χ0n) is 61.9. The molecule has 13 rings (SSSR count). The summed E-state index contributed by atoms with van der Waals surface area (Å²) in [5, 5.41) is 14.3. The fraction of sp³-hybridized carbons (Fsp3) is 0.381. The van der Waals surface area contributed by atoms with Crippen LogP contribution in [0.4, 0.5) is 22.2 Å². The first kappa shape index (κ1) is 82.4. The third-order valence-corrected chi connectivity index (χ3v) is 22.2. The predicted octanol–water partition coefficient (Wildman–Crippen LogP) is 17.3. The Balaban J connectivity index is 0.000000170. The molecule has 20 nitrogen and oxygen atoms in total. The topological polar surface area (TPSA) is 291 Å². The highest BCUT2D eigenvalue weighted by atomic mass is 35.5. The van der Waals surface area contributed by atoms with Gasteiger partial charge in [-0.3, -0.25) is 14.5 Å². The van der Waals surface area contributed by atoms with Crippen LogP contribution in [-0.4, -0.2) is 114 Å². The van der Waals surface area contributed by atoms with Crippen LogP contribution < -0.4 is 33.2 Å². The van der Waals surface area contributed by atoms with Gasteiger partial charge in [0.05, 0.1) is 52.8 Å². The zero-order valence-corrected chi connectivity index (χ0v) is 66.5. The van der Waals surface area contributed by atoms with E-state index in [0.29, 0.717) is 135 Å². The van der Waals surface area contributed by atoms with Crippen molar-refractivity contribution < 1.29 is 33.4 Å². The van der Waals surface area contributed by atoms with Crippen molar-refractivity contribution in [2.24, 2.45) is 0 Å². The summed E-state index contributed by atoms with van der Waals surface area (Å²) in [5.41, 5.74) is 30.2. The van der Waals surface area contributed by atoms with Crippen LogP contribution in [0.5, 0.6) is 0 Å². The lowest BCUT2D eigenvalue weighted by atomic mass is 9.97. The van der Waals surface area contributed by atoms with Crippen molar-refractivity contribution in [3.63, 3.8) is 0 Å². The SMILES string of the molecule is CC(C)(C)OC(=O)N1CCC(NCc2ccc(-c3cnc(N)c(CCc4c(Cl)cccc4Cl)n3)cc2)C[C@@H]1C(=O)OC1CCCC1.Nc1ncc(-c2ccc(C=O)cc2)nc1CCc1c(Cl)cccc1Cl.Nc1ncc(-c2ccc(CNC3CCN[C@@H](C(=O)OC4CCCC4)C3)cc2)nc1CCc1c(Cl)cccc1Cl. The van der Waals surface area contributed by atoms with Crippen LogP contribution in [-0.2, 0) is 75.4 Å². The predicted molar refractivity (Wildman–Crippen MR) is 438 cm³/mol. The number of benzene rings is 6. The molecular formula is C84H93Cl6N13O7. The summed E-state index contributed by atoms with van der Waals surface area (Å²) < 4.78 is 17.2. The largest absolute Gasteiger partial charge is 0.461 e. The monoisotopic (exact) mass is 1610 g/mol. The standard InChI is InChI=1S/C35H43Cl2N5O4.C30H35Cl2N5O2.C19H15Cl2N3O/c1-35(2,3)46-34(44)42-18-17-24(19-31(42)33(43)45-25-7-4-5-8-25)39-20-22-11-13-23(14-12-22)30-21-40-32(38)29(41-30)16-15-26-27(36)9-6-10-28(26)37;31-24-6-3-7-25(32)23(24)12-13-26-29(33)36-18-28(37-26)20-10-8-19(9-11-20)17-35-21-14-15-34-27(16-21)30(38)39-22-4-1-2-5-22;20-15-2-1-3-16(21)14(15)8-9-17-19(22)23-10-18(24-17)13-6-4-12(11-25)5-7-13/h6,9-14,21,24-25,31,39H,4-5,7-8,15-20H2,1-3H3,(H2,38,40);3,6-11,18,21-22,27,34-35H,1-2,4-5,12-17H2,(H2,33,36);1-7,10-11H,8-9H2,(H2,22,23)/t24?,31-;21?,27-;/m11./s1. The molecule has 0 bridgehead atoms. The third-order valence-electron chi connectivity index (χ3n) is 20.0. The molecule has 4 fully saturated rings. The van der Waals surface area contributed by atoms with E-state index in [4.69, 9.17) is 111 Å². The van der Waals surface area contributed by atoms with Gasteiger partial charge in [-0.2, -0.15) is 0 Å². The minimum atomic E-state index is -0.684. The number of nitrogens with two attached hydrogens (primary N) is 3. The highest BCUT2D eigenvalue weighted by molar-refractivity contribution is 6.37. The van der Waals surface area contributed by atoms with Gasteiger partial charge in [0.25, 0.3) is 0 Å². The smallest absolute Gasteiger partial charge is 0.411 e. The minimum Gasteiger partial charge on any atom is -0.461 e. The molecule has 5 heterocycles. The Morgan fingerprint density at radius 3 is 1.25 bits per heavy atom. The van der Waals surface area contributed by atoms with Crippen LogP contribution in [0, 0.1) is 0 Å². The third kappa shape index (κ3) is 23.3. The van der Waals surface area contributed by atoms with Crippen LogP contribution in [0.1, 0.15) is 153 Å². The lowest BCUT2D eigenvalue weighted by Crippen LogP contribution is -2.55. The van der Waals surface area contributed by atoms with Gasteiger partial charge in [-0.1, -0.05) is 161 Å². The van der Waals surface area contributed by atoms with Gasteiger partial charge in [-0.25, -0.2) is 39.5 Å². The molecule has 4 aliphatic rings. The van der Waals surface area contributed by atoms with E-state index in [1.807, 2.05) is 112 Å². The molecule has 0 radical (unpaired) electrons. The van der Waals surface area contributed by atoms with Crippen LogP contribution in [0.2, 0.25) is 30.1 Å². The van der Waals surface area contributed by atoms with E-state index in [9.17, 15) is 19.2 Å². The number of carbonyl (C=O) groups excluding carboxylic acids is 4. The number of nitrogens with one attached hydrogen (secondary N) is 3. The highest BCUT2D eigenvalue weighted by Gasteiger charge is 2.40. The van der Waals surface area contributed by atoms with Crippen molar-refractivity contribution in [2.75, 3.05) is 30.3 Å². The fourth-order valence-corrected chi connectivity index (χ4v) is 15.6. The Bertz CT molecular complexity index is 4560. The molecule has 1 amide bonds. The first-order valence-corrected chi connectivity index (χ1v) is 39.8. The van der Waals surface area contributed by atoms with E-state index in [2.05, 4.69) is 60.2 Å². The maximum atomic E-state index is 13.3. The van der Waals surface area contributed by atoms with E-state index >= 15 is 0 Å². The number of halogens is 6. The molecule has 4 atom stereocenters. The van der Waals surface area contributed by atoms with E-state index in [1.165, 1.54) is 5.56 Å². The number of aldehydes is 1. The normalized spacial score (nSPS) is 17.3. The van der Waals surface area contributed by atoms with Crippen LogP contribution in [0.25, 0.3) is 33.8 Å². The number of aromatic nitrogens is 6. The second kappa shape index (κ2) is 39.6. The molecule has 2 aliphatic heterocycles. The van der Waals surface area contributed by atoms with Crippen molar-refractivity contribution >= 4 is 111 Å². The molecule has 9 N–H and O–H groups in total. The number of nitrogens with zero attached hydrogens (tertiary/aromatic N) is 7. The zero-order chi connectivity index (χ0) is 77.8. The second-order valence-electron chi connectivity index (χ2n) is 29.1. The lowest BCUT2D eigenvalue weighted by molar-refractivity contribution is -0.156. The van der Waals surface area contributed by atoms with Crippen molar-refractivity contribution in [1.29, 1.82) is 0 Å². The second-order valence-corrected chi connectivity index (χ2v) is 31.5. The molecular weight excluding hydrogens is 1520 g/mol. The summed E-state index contributed by atoms with van der Waals surface area (Å²) in [6.45, 7) is 8.04. The van der Waals surface area contributed by atoms with Crippen LogP contribution >= 0.6 is 69.6 Å². The Morgan fingerprint density at radius 1 is 0.500 bits per heavy atom. The number of hydrogen-bond donors (Lipinski definition) is 6. The van der Waals surface area contributed by atoms with E-state index in [-0.39, 0.29) is 42.3 Å². The summed E-state index contributed by atoms with van der Waals surface area (Å²) in [5.74, 6) is 0.742. The minimum absolute atomic E-state index is 0.0386. The summed E-state index contributed by atoms with van der Waals surface area (Å²) in [6, 6.07) is 39.3. The number of likely N-dealkylation sites (tertiary alicyclic amines) is 1. The Kier molecular flexibility index (Phi) is 29.7. The van der Waals surface area contributed by atoms with Crippen molar-refractivity contribution in [3.05, 3.63) is 227 Å². The number of carbonyl (C=O) groups is 4. The summed E-state index contributed by atoms with van der Waals surface area (Å²) >= 11 is 37.8. The number of amides is 1. The van der Waals surface area contributed by atoms with Gasteiger partial charge in [0.15, 0.2) is 0 Å². The van der Waals surface area contributed by atoms with Crippen LogP contribution in [0.3, 0.4) is 0 Å². The molecule has 3 aromatic heterocycles. The van der Waals surface area contributed by atoms with Gasteiger partial charge < -0.3 is 47.4 Å². The van der Waals surface area contributed by atoms with E-state index in [0.717, 1.165) is 140 Å². The van der Waals surface area contributed by atoms with Crippen molar-refractivity contribution in [3.8, 4) is 33.8 Å². The van der Waals surface area contributed by atoms with Gasteiger partial charge in [-0.05, 0) is 207 Å².